The highest BCUT2D eigenvalue weighted by molar-refractivity contribution is 5.53. The molecule has 1 aromatic carbocycles. The van der Waals surface area contributed by atoms with Gasteiger partial charge in [0.15, 0.2) is 18.3 Å². The summed E-state index contributed by atoms with van der Waals surface area (Å²) in [6.45, 7) is 0.898. The predicted octanol–water partition coefficient (Wildman–Crippen LogP) is 1.20. The Balaban J connectivity index is 2.73. The van der Waals surface area contributed by atoms with E-state index in [1.54, 1.807) is 19.2 Å². The second kappa shape index (κ2) is 8.58. The Kier molecular flexibility index (Phi) is 7.02. The van der Waals surface area contributed by atoms with Crippen LogP contribution in [0.25, 0.3) is 0 Å². The lowest BCUT2D eigenvalue weighted by atomic mass is 10.2. The first-order chi connectivity index (χ1) is 9.26. The number of methoxy groups -OCH3 is 3. The van der Waals surface area contributed by atoms with E-state index in [-0.39, 0.29) is 13.4 Å². The molecule has 108 valence electrons. The van der Waals surface area contributed by atoms with Crippen molar-refractivity contribution in [1.29, 1.82) is 0 Å². The summed E-state index contributed by atoms with van der Waals surface area (Å²) in [6, 6.07) is 3.37. The zero-order chi connectivity index (χ0) is 14.1. The topological polar surface area (TPSA) is 66.4 Å². The summed E-state index contributed by atoms with van der Waals surface area (Å²) in [6.07, 6.45) is 0. The minimum atomic E-state index is -0.110. The predicted molar refractivity (Wildman–Crippen MR) is 68.8 cm³/mol. The Hall–Kier alpha value is -1.50. The molecule has 0 saturated carbocycles. The fourth-order valence-corrected chi connectivity index (χ4v) is 1.49. The number of hydrogen-bond acceptors (Lipinski definition) is 6. The van der Waals surface area contributed by atoms with Gasteiger partial charge in [0.1, 0.15) is 0 Å². The Bertz CT molecular complexity index is 380. The number of benzene rings is 1. The van der Waals surface area contributed by atoms with Crippen molar-refractivity contribution in [2.24, 2.45) is 0 Å². The van der Waals surface area contributed by atoms with Gasteiger partial charge in [-0.05, 0) is 17.7 Å². The van der Waals surface area contributed by atoms with Crippen molar-refractivity contribution in [3.05, 3.63) is 17.7 Å². The van der Waals surface area contributed by atoms with Gasteiger partial charge in [0.25, 0.3) is 0 Å². The van der Waals surface area contributed by atoms with Crippen LogP contribution in [0.15, 0.2) is 12.1 Å². The number of ether oxygens (including phenoxy) is 5. The average molecular weight is 272 g/mol. The van der Waals surface area contributed by atoms with Gasteiger partial charge in [-0.1, -0.05) is 0 Å². The summed E-state index contributed by atoms with van der Waals surface area (Å²) in [5.74, 6) is 1.43. The quantitative estimate of drug-likeness (QED) is 0.538. The standard InChI is InChI=1S/C13H20O6/c1-15-4-5-18-9-19-12-7-10(8-14)6-11(16-2)13(12)17-3/h6-7,14H,4-5,8-9H2,1-3H3. The highest BCUT2D eigenvalue weighted by Gasteiger charge is 2.13. The Labute approximate surface area is 112 Å². The molecule has 19 heavy (non-hydrogen) atoms. The molecule has 6 heteroatoms. The molecule has 0 aliphatic carbocycles. The second-order valence-corrected chi connectivity index (χ2v) is 3.65. The SMILES string of the molecule is COCCOCOc1cc(CO)cc(OC)c1OC. The van der Waals surface area contributed by atoms with Gasteiger partial charge in [-0.3, -0.25) is 0 Å². The van der Waals surface area contributed by atoms with Crippen LogP contribution in [-0.2, 0) is 16.1 Å². The van der Waals surface area contributed by atoms with Gasteiger partial charge < -0.3 is 28.8 Å². The van der Waals surface area contributed by atoms with Crippen LogP contribution in [0, 0.1) is 0 Å². The van der Waals surface area contributed by atoms with Gasteiger partial charge in [0.05, 0.1) is 34.0 Å². The molecule has 0 aliphatic heterocycles. The van der Waals surface area contributed by atoms with Crippen molar-refractivity contribution < 1.29 is 28.8 Å². The van der Waals surface area contributed by atoms with Crippen LogP contribution < -0.4 is 14.2 Å². The third-order valence-corrected chi connectivity index (χ3v) is 2.42. The molecule has 1 aromatic rings. The van der Waals surface area contributed by atoms with E-state index in [4.69, 9.17) is 23.7 Å². The summed E-state index contributed by atoms with van der Waals surface area (Å²) < 4.78 is 26.0. The molecule has 0 amide bonds. The Morgan fingerprint density at radius 3 is 2.32 bits per heavy atom. The molecule has 0 aromatic heterocycles. The van der Waals surface area contributed by atoms with E-state index in [2.05, 4.69) is 0 Å². The monoisotopic (exact) mass is 272 g/mol. The van der Waals surface area contributed by atoms with E-state index in [0.717, 1.165) is 0 Å². The van der Waals surface area contributed by atoms with Gasteiger partial charge >= 0.3 is 0 Å². The molecular weight excluding hydrogens is 252 g/mol. The first-order valence-electron chi connectivity index (χ1n) is 5.82. The largest absolute Gasteiger partial charge is 0.493 e. The number of aliphatic hydroxyl groups excluding tert-OH is 1. The zero-order valence-corrected chi connectivity index (χ0v) is 11.5. The normalized spacial score (nSPS) is 10.3. The van der Waals surface area contributed by atoms with Crippen LogP contribution in [0.3, 0.4) is 0 Å². The van der Waals surface area contributed by atoms with Crippen molar-refractivity contribution in [2.45, 2.75) is 6.61 Å². The lowest BCUT2D eigenvalue weighted by Crippen LogP contribution is -2.09. The molecule has 0 heterocycles. The van der Waals surface area contributed by atoms with E-state index < -0.39 is 0 Å². The van der Waals surface area contributed by atoms with Crippen molar-refractivity contribution in [2.75, 3.05) is 41.3 Å². The van der Waals surface area contributed by atoms with Crippen molar-refractivity contribution in [3.63, 3.8) is 0 Å². The molecule has 0 aliphatic rings. The minimum Gasteiger partial charge on any atom is -0.493 e. The fraction of sp³-hybridized carbons (Fsp3) is 0.538. The molecule has 0 fully saturated rings. The first kappa shape index (κ1) is 15.6. The summed E-state index contributed by atoms with van der Waals surface area (Å²) in [5.41, 5.74) is 0.671. The molecule has 0 unspecified atom stereocenters. The van der Waals surface area contributed by atoms with Gasteiger partial charge in [0.2, 0.25) is 5.75 Å². The van der Waals surface area contributed by atoms with Gasteiger partial charge in [-0.2, -0.15) is 0 Å². The van der Waals surface area contributed by atoms with E-state index in [0.29, 0.717) is 36.0 Å². The van der Waals surface area contributed by atoms with Gasteiger partial charge in [0, 0.05) is 7.11 Å². The summed E-state index contributed by atoms with van der Waals surface area (Å²) >= 11 is 0. The molecule has 0 bridgehead atoms. The van der Waals surface area contributed by atoms with Crippen LogP contribution in [0.5, 0.6) is 17.2 Å². The number of rotatable bonds is 9. The lowest BCUT2D eigenvalue weighted by Gasteiger charge is -2.15. The fourth-order valence-electron chi connectivity index (χ4n) is 1.49. The maximum Gasteiger partial charge on any atom is 0.203 e. The summed E-state index contributed by atoms with van der Waals surface area (Å²) in [4.78, 5) is 0. The smallest absolute Gasteiger partial charge is 0.203 e. The molecule has 1 rings (SSSR count). The third-order valence-electron chi connectivity index (χ3n) is 2.42. The minimum absolute atomic E-state index is 0.0672. The highest BCUT2D eigenvalue weighted by Crippen LogP contribution is 2.38. The van der Waals surface area contributed by atoms with Crippen LogP contribution in [0.4, 0.5) is 0 Å². The van der Waals surface area contributed by atoms with Crippen molar-refractivity contribution in [3.8, 4) is 17.2 Å². The lowest BCUT2D eigenvalue weighted by molar-refractivity contribution is -0.00963. The summed E-state index contributed by atoms with van der Waals surface area (Å²) in [7, 11) is 4.65. The van der Waals surface area contributed by atoms with Gasteiger partial charge in [-0.25, -0.2) is 0 Å². The average Bonchev–Trinajstić information content (AvgIpc) is 2.45. The molecule has 6 nitrogen and oxygen atoms in total. The van der Waals surface area contributed by atoms with E-state index in [9.17, 15) is 5.11 Å². The second-order valence-electron chi connectivity index (χ2n) is 3.65. The van der Waals surface area contributed by atoms with Crippen LogP contribution in [-0.4, -0.2) is 46.4 Å². The molecule has 0 atom stereocenters. The van der Waals surface area contributed by atoms with E-state index in [1.165, 1.54) is 14.2 Å². The molecule has 0 radical (unpaired) electrons. The van der Waals surface area contributed by atoms with Gasteiger partial charge in [-0.15, -0.1) is 0 Å². The van der Waals surface area contributed by atoms with E-state index in [1.807, 2.05) is 0 Å². The maximum absolute atomic E-state index is 9.19. The molecular formula is C13H20O6. The molecule has 0 spiro atoms. The van der Waals surface area contributed by atoms with Crippen molar-refractivity contribution >= 4 is 0 Å². The van der Waals surface area contributed by atoms with Crippen molar-refractivity contribution in [1.82, 2.24) is 0 Å². The molecule has 1 N–H and O–H groups in total. The zero-order valence-electron chi connectivity index (χ0n) is 11.5. The molecule has 0 saturated heterocycles. The number of hydrogen-bond donors (Lipinski definition) is 1. The summed E-state index contributed by atoms with van der Waals surface area (Å²) in [5, 5.41) is 9.19. The van der Waals surface area contributed by atoms with Crippen LogP contribution in [0.2, 0.25) is 0 Å². The maximum atomic E-state index is 9.19. The Morgan fingerprint density at radius 1 is 1.00 bits per heavy atom. The third kappa shape index (κ3) is 4.59. The highest BCUT2D eigenvalue weighted by atomic mass is 16.7. The van der Waals surface area contributed by atoms with Crippen LogP contribution >= 0.6 is 0 Å². The number of aliphatic hydroxyl groups is 1. The van der Waals surface area contributed by atoms with Crippen LogP contribution in [0.1, 0.15) is 5.56 Å². The Morgan fingerprint density at radius 2 is 1.74 bits per heavy atom. The van der Waals surface area contributed by atoms with E-state index >= 15 is 0 Å². The first-order valence-corrected chi connectivity index (χ1v) is 5.82.